The Bertz CT molecular complexity index is 951. The third kappa shape index (κ3) is 4.65. The maximum atomic E-state index is 12.9. The largest absolute Gasteiger partial charge is 0.294 e. The van der Waals surface area contributed by atoms with Crippen molar-refractivity contribution in [1.29, 1.82) is 0 Å². The van der Waals surface area contributed by atoms with Gasteiger partial charge in [-0.2, -0.15) is 0 Å². The molecule has 1 saturated heterocycles. The second kappa shape index (κ2) is 8.36. The second-order valence-electron chi connectivity index (χ2n) is 6.39. The zero-order valence-corrected chi connectivity index (χ0v) is 15.8. The van der Waals surface area contributed by atoms with Gasteiger partial charge in [0.05, 0.1) is 16.4 Å². The molecule has 0 spiro atoms. The van der Waals surface area contributed by atoms with E-state index in [-0.39, 0.29) is 36.0 Å². The summed E-state index contributed by atoms with van der Waals surface area (Å²) in [7, 11) is -3.09. The van der Waals surface area contributed by atoms with Crippen molar-refractivity contribution in [2.75, 3.05) is 30.0 Å². The van der Waals surface area contributed by atoms with Crippen LogP contribution in [-0.2, 0) is 14.6 Å². The van der Waals surface area contributed by atoms with Crippen LogP contribution in [0.5, 0.6) is 0 Å². The van der Waals surface area contributed by atoms with Crippen molar-refractivity contribution in [2.45, 2.75) is 6.04 Å². The summed E-state index contributed by atoms with van der Waals surface area (Å²) in [6.45, 7) is 0.474. The summed E-state index contributed by atoms with van der Waals surface area (Å²) >= 11 is 0. The van der Waals surface area contributed by atoms with Gasteiger partial charge in [0.2, 0.25) is 0 Å². The molecule has 10 heteroatoms. The van der Waals surface area contributed by atoms with Gasteiger partial charge < -0.3 is 0 Å². The third-order valence-electron chi connectivity index (χ3n) is 4.53. The highest BCUT2D eigenvalue weighted by Crippen LogP contribution is 2.25. The molecule has 9 nitrogen and oxygen atoms in total. The Morgan fingerprint density at radius 3 is 2.29 bits per heavy atom. The van der Waals surface area contributed by atoms with Gasteiger partial charge in [0.25, 0.3) is 11.6 Å². The molecule has 1 heterocycles. The molecule has 2 aromatic rings. The third-order valence-corrected chi connectivity index (χ3v) is 6.14. The van der Waals surface area contributed by atoms with Crippen LogP contribution in [0.1, 0.15) is 11.6 Å². The number of nitro benzene ring substituents is 1. The van der Waals surface area contributed by atoms with Gasteiger partial charge in [-0.1, -0.05) is 42.5 Å². The van der Waals surface area contributed by atoms with E-state index in [1.54, 1.807) is 35.2 Å². The predicted molar refractivity (Wildman–Crippen MR) is 104 cm³/mol. The predicted octanol–water partition coefficient (Wildman–Crippen LogP) is 1.51. The molecule has 1 atom stereocenters. The van der Waals surface area contributed by atoms with Crippen molar-refractivity contribution in [2.24, 2.45) is 0 Å². The van der Waals surface area contributed by atoms with Crippen LogP contribution in [0.3, 0.4) is 0 Å². The molecule has 28 heavy (non-hydrogen) atoms. The molecule has 1 amide bonds. The molecule has 3 rings (SSSR count). The molecule has 2 N–H and O–H groups in total. The first-order valence-electron chi connectivity index (χ1n) is 8.66. The van der Waals surface area contributed by atoms with Gasteiger partial charge >= 0.3 is 0 Å². The van der Waals surface area contributed by atoms with E-state index >= 15 is 0 Å². The van der Waals surface area contributed by atoms with E-state index in [1.165, 1.54) is 18.2 Å². The lowest BCUT2D eigenvalue weighted by Gasteiger charge is -2.33. The number of benzene rings is 2. The highest BCUT2D eigenvalue weighted by molar-refractivity contribution is 7.91. The number of carbonyl (C=O) groups excluding carboxylic acids is 1. The van der Waals surface area contributed by atoms with Gasteiger partial charge in [0.15, 0.2) is 9.84 Å². The number of hydrogen-bond donors (Lipinski definition) is 2. The SMILES string of the molecule is O=C(NNc1ccccc1[N+](=O)[O-])C(c1ccccc1)N1CCS(=O)(=O)CC1. The molecule has 1 fully saturated rings. The van der Waals surface area contributed by atoms with Gasteiger partial charge in [-0.25, -0.2) is 8.42 Å². The van der Waals surface area contributed by atoms with E-state index in [0.717, 1.165) is 0 Å². The molecule has 0 saturated carbocycles. The number of hydrazine groups is 1. The van der Waals surface area contributed by atoms with E-state index in [4.69, 9.17) is 0 Å². The van der Waals surface area contributed by atoms with Crippen LogP contribution >= 0.6 is 0 Å². The van der Waals surface area contributed by atoms with Crippen molar-refractivity contribution in [3.63, 3.8) is 0 Å². The standard InChI is InChI=1S/C18H20N4O5S/c23-18(20-19-15-8-4-5-9-16(15)22(24)25)17(14-6-2-1-3-7-14)21-10-12-28(26,27)13-11-21/h1-9,17,19H,10-13H2,(H,20,23). The Balaban J connectivity index is 1.79. The van der Waals surface area contributed by atoms with Crippen LogP contribution in [-0.4, -0.2) is 48.7 Å². The van der Waals surface area contributed by atoms with Crippen molar-refractivity contribution >= 4 is 27.1 Å². The summed E-state index contributed by atoms with van der Waals surface area (Å²) in [6.07, 6.45) is 0. The Hall–Kier alpha value is -2.98. The monoisotopic (exact) mass is 404 g/mol. The molecule has 148 valence electrons. The summed E-state index contributed by atoms with van der Waals surface area (Å²) in [5, 5.41) is 11.1. The number of rotatable bonds is 6. The first kappa shape index (κ1) is 19.8. The van der Waals surface area contributed by atoms with Gasteiger partial charge in [0, 0.05) is 19.2 Å². The second-order valence-corrected chi connectivity index (χ2v) is 8.69. The molecule has 0 radical (unpaired) electrons. The number of carbonyl (C=O) groups is 1. The number of nitrogens with one attached hydrogen (secondary N) is 2. The molecule has 1 aliphatic heterocycles. The first-order chi connectivity index (χ1) is 13.4. The van der Waals surface area contributed by atoms with Gasteiger partial charge in [-0.15, -0.1) is 0 Å². The number of para-hydroxylation sites is 2. The maximum Gasteiger partial charge on any atom is 0.294 e. The average Bonchev–Trinajstić information content (AvgIpc) is 2.69. The van der Waals surface area contributed by atoms with Crippen molar-refractivity contribution in [1.82, 2.24) is 10.3 Å². The number of sulfone groups is 1. The van der Waals surface area contributed by atoms with Crippen LogP contribution in [0.15, 0.2) is 54.6 Å². The summed E-state index contributed by atoms with van der Waals surface area (Å²) in [5.74, 6) is -0.453. The minimum absolute atomic E-state index is 0.0127. The minimum Gasteiger partial charge on any atom is -0.292 e. The van der Waals surface area contributed by atoms with E-state index in [9.17, 15) is 23.3 Å². The lowest BCUT2D eigenvalue weighted by atomic mass is 10.0. The molecule has 0 bridgehead atoms. The fourth-order valence-corrected chi connectivity index (χ4v) is 4.31. The van der Waals surface area contributed by atoms with Crippen molar-refractivity contribution in [3.05, 3.63) is 70.3 Å². The minimum atomic E-state index is -3.09. The molecule has 1 unspecified atom stereocenters. The van der Waals surface area contributed by atoms with E-state index < -0.39 is 26.7 Å². The molecule has 2 aromatic carbocycles. The number of nitro groups is 1. The Kier molecular flexibility index (Phi) is 5.90. The average molecular weight is 404 g/mol. The lowest BCUT2D eigenvalue weighted by molar-refractivity contribution is -0.384. The topological polar surface area (TPSA) is 122 Å². The molecule has 0 aliphatic carbocycles. The van der Waals surface area contributed by atoms with Crippen LogP contribution in [0, 0.1) is 10.1 Å². The smallest absolute Gasteiger partial charge is 0.292 e. The van der Waals surface area contributed by atoms with Crippen LogP contribution in [0.4, 0.5) is 11.4 Å². The highest BCUT2D eigenvalue weighted by atomic mass is 32.2. The molecule has 0 aromatic heterocycles. The van der Waals surface area contributed by atoms with E-state index in [0.29, 0.717) is 5.56 Å². The van der Waals surface area contributed by atoms with Crippen LogP contribution in [0.25, 0.3) is 0 Å². The summed E-state index contributed by atoms with van der Waals surface area (Å²) in [6, 6.07) is 14.3. The summed E-state index contributed by atoms with van der Waals surface area (Å²) in [4.78, 5) is 25.3. The number of anilines is 1. The fourth-order valence-electron chi connectivity index (χ4n) is 3.08. The molecular weight excluding hydrogens is 384 g/mol. The molecular formula is C18H20N4O5S. The van der Waals surface area contributed by atoms with Crippen LogP contribution in [0.2, 0.25) is 0 Å². The lowest BCUT2D eigenvalue weighted by Crippen LogP contribution is -2.48. The normalized spacial score (nSPS) is 17.4. The number of nitrogens with zero attached hydrogens (tertiary/aromatic N) is 2. The number of amides is 1. The first-order valence-corrected chi connectivity index (χ1v) is 10.5. The van der Waals surface area contributed by atoms with Gasteiger partial charge in [0.1, 0.15) is 11.7 Å². The van der Waals surface area contributed by atoms with Crippen LogP contribution < -0.4 is 10.9 Å². The zero-order valence-electron chi connectivity index (χ0n) is 14.9. The Labute approximate surface area is 162 Å². The fraction of sp³-hybridized carbons (Fsp3) is 0.278. The maximum absolute atomic E-state index is 12.9. The summed E-state index contributed by atoms with van der Waals surface area (Å²) in [5.41, 5.74) is 5.85. The van der Waals surface area contributed by atoms with E-state index in [2.05, 4.69) is 10.9 Å². The molecule has 1 aliphatic rings. The quantitative estimate of drug-likeness (QED) is 0.553. The van der Waals surface area contributed by atoms with E-state index in [1.807, 2.05) is 6.07 Å². The number of hydrogen-bond acceptors (Lipinski definition) is 7. The van der Waals surface area contributed by atoms with Gasteiger partial charge in [-0.3, -0.25) is 30.7 Å². The Morgan fingerprint density at radius 1 is 1.04 bits per heavy atom. The van der Waals surface area contributed by atoms with Crippen molar-refractivity contribution < 1.29 is 18.1 Å². The highest BCUT2D eigenvalue weighted by Gasteiger charge is 2.32. The zero-order chi connectivity index (χ0) is 20.1. The Morgan fingerprint density at radius 2 is 1.64 bits per heavy atom. The van der Waals surface area contributed by atoms with Gasteiger partial charge in [-0.05, 0) is 11.6 Å². The summed E-state index contributed by atoms with van der Waals surface area (Å²) < 4.78 is 23.5. The van der Waals surface area contributed by atoms with Crippen molar-refractivity contribution in [3.8, 4) is 0 Å².